The van der Waals surface area contributed by atoms with Crippen LogP contribution < -0.4 is 4.90 Å². The van der Waals surface area contributed by atoms with Gasteiger partial charge < -0.3 is 9.32 Å². The summed E-state index contributed by atoms with van der Waals surface area (Å²) in [4.78, 5) is 5.77. The third-order valence-electron chi connectivity index (χ3n) is 3.68. The lowest BCUT2D eigenvalue weighted by molar-refractivity contribution is -0.137. The van der Waals surface area contributed by atoms with Crippen LogP contribution in [0, 0.1) is 0 Å². The summed E-state index contributed by atoms with van der Waals surface area (Å²) >= 11 is 0. The molecule has 0 saturated carbocycles. The average molecular weight is 296 g/mol. The number of oxazole rings is 1. The minimum atomic E-state index is -4.37. The number of aromatic nitrogens is 1. The topological polar surface area (TPSA) is 29.3 Å². The van der Waals surface area contributed by atoms with Gasteiger partial charge in [0.2, 0.25) is 0 Å². The van der Waals surface area contributed by atoms with Crippen LogP contribution in [0.25, 0.3) is 11.3 Å². The number of benzene rings is 1. The lowest BCUT2D eigenvalue weighted by Crippen LogP contribution is -2.29. The molecule has 0 aliphatic carbocycles. The molecular weight excluding hydrogens is 281 g/mol. The predicted octanol–water partition coefficient (Wildman–Crippen LogP) is 4.35. The number of piperidine rings is 1. The van der Waals surface area contributed by atoms with E-state index in [0.29, 0.717) is 17.0 Å². The summed E-state index contributed by atoms with van der Waals surface area (Å²) in [5.74, 6) is 0.347. The van der Waals surface area contributed by atoms with Crippen LogP contribution in [0.4, 0.5) is 18.9 Å². The van der Waals surface area contributed by atoms with Gasteiger partial charge in [0, 0.05) is 24.3 Å². The summed E-state index contributed by atoms with van der Waals surface area (Å²) in [5, 5.41) is 0. The van der Waals surface area contributed by atoms with Crippen molar-refractivity contribution in [2.24, 2.45) is 0 Å². The van der Waals surface area contributed by atoms with E-state index in [2.05, 4.69) is 4.98 Å². The Kier molecular flexibility index (Phi) is 3.61. The molecule has 2 aromatic rings. The number of alkyl halides is 3. The minimum absolute atomic E-state index is 0.347. The number of halogens is 3. The van der Waals surface area contributed by atoms with E-state index in [0.717, 1.165) is 38.4 Å². The molecule has 0 amide bonds. The fraction of sp³-hybridized carbons (Fsp3) is 0.400. The predicted molar refractivity (Wildman–Crippen MR) is 73.0 cm³/mol. The molecule has 1 saturated heterocycles. The van der Waals surface area contributed by atoms with E-state index in [1.807, 2.05) is 4.90 Å². The minimum Gasteiger partial charge on any atom is -0.444 e. The van der Waals surface area contributed by atoms with Gasteiger partial charge in [0.1, 0.15) is 0 Å². The Morgan fingerprint density at radius 2 is 1.81 bits per heavy atom. The van der Waals surface area contributed by atoms with Gasteiger partial charge in [-0.1, -0.05) is 0 Å². The Morgan fingerprint density at radius 3 is 2.43 bits per heavy atom. The first-order valence-electron chi connectivity index (χ1n) is 6.90. The van der Waals surface area contributed by atoms with Crippen LogP contribution in [0.3, 0.4) is 0 Å². The second kappa shape index (κ2) is 5.42. The van der Waals surface area contributed by atoms with E-state index in [4.69, 9.17) is 4.42 Å². The zero-order chi connectivity index (χ0) is 14.9. The highest BCUT2D eigenvalue weighted by atomic mass is 19.4. The molecule has 21 heavy (non-hydrogen) atoms. The Hall–Kier alpha value is -1.98. The van der Waals surface area contributed by atoms with Gasteiger partial charge in [-0.2, -0.15) is 13.2 Å². The SMILES string of the molecule is FC(F)(F)c1cc(-c2cnco2)cc(N2CCCCC2)c1. The van der Waals surface area contributed by atoms with Gasteiger partial charge in [0.05, 0.1) is 11.8 Å². The van der Waals surface area contributed by atoms with Crippen molar-refractivity contribution in [3.05, 3.63) is 36.4 Å². The molecule has 1 aromatic carbocycles. The molecule has 0 atom stereocenters. The van der Waals surface area contributed by atoms with Crippen molar-refractivity contribution >= 4 is 5.69 Å². The molecule has 1 aliphatic rings. The normalized spacial score (nSPS) is 16.2. The van der Waals surface area contributed by atoms with Gasteiger partial charge in [-0.25, -0.2) is 4.98 Å². The molecule has 1 aliphatic heterocycles. The van der Waals surface area contributed by atoms with Crippen molar-refractivity contribution in [2.45, 2.75) is 25.4 Å². The highest BCUT2D eigenvalue weighted by molar-refractivity contribution is 5.66. The Morgan fingerprint density at radius 1 is 1.05 bits per heavy atom. The zero-order valence-corrected chi connectivity index (χ0v) is 11.4. The fourth-order valence-electron chi connectivity index (χ4n) is 2.61. The van der Waals surface area contributed by atoms with Crippen molar-refractivity contribution in [1.29, 1.82) is 0 Å². The maximum Gasteiger partial charge on any atom is 0.416 e. The van der Waals surface area contributed by atoms with Gasteiger partial charge in [0.15, 0.2) is 12.2 Å². The number of nitrogens with zero attached hydrogens (tertiary/aromatic N) is 2. The van der Waals surface area contributed by atoms with E-state index < -0.39 is 11.7 Å². The Balaban J connectivity index is 2.04. The second-order valence-corrected chi connectivity index (χ2v) is 5.18. The first-order chi connectivity index (χ1) is 10.0. The number of rotatable bonds is 2. The fourth-order valence-corrected chi connectivity index (χ4v) is 2.61. The van der Waals surface area contributed by atoms with E-state index in [9.17, 15) is 13.2 Å². The number of anilines is 1. The maximum absolute atomic E-state index is 13.1. The van der Waals surface area contributed by atoms with E-state index in [1.54, 1.807) is 6.07 Å². The van der Waals surface area contributed by atoms with Crippen LogP contribution in [0.1, 0.15) is 24.8 Å². The van der Waals surface area contributed by atoms with Gasteiger partial charge in [-0.05, 0) is 37.5 Å². The average Bonchev–Trinajstić information content (AvgIpc) is 3.01. The zero-order valence-electron chi connectivity index (χ0n) is 11.4. The highest BCUT2D eigenvalue weighted by Gasteiger charge is 2.32. The lowest BCUT2D eigenvalue weighted by Gasteiger charge is -2.29. The van der Waals surface area contributed by atoms with Crippen LogP contribution >= 0.6 is 0 Å². The molecule has 0 bridgehead atoms. The summed E-state index contributed by atoms with van der Waals surface area (Å²) < 4.78 is 44.4. The molecule has 0 N–H and O–H groups in total. The molecule has 0 radical (unpaired) electrons. The van der Waals surface area contributed by atoms with E-state index in [-0.39, 0.29) is 0 Å². The van der Waals surface area contributed by atoms with Crippen LogP contribution in [0.5, 0.6) is 0 Å². The van der Waals surface area contributed by atoms with Gasteiger partial charge in [-0.15, -0.1) is 0 Å². The van der Waals surface area contributed by atoms with Crippen LogP contribution in [-0.4, -0.2) is 18.1 Å². The first kappa shape index (κ1) is 14.0. The Labute approximate surface area is 120 Å². The summed E-state index contributed by atoms with van der Waals surface area (Å²) in [6, 6.07) is 4.06. The largest absolute Gasteiger partial charge is 0.444 e. The number of hydrogen-bond acceptors (Lipinski definition) is 3. The first-order valence-corrected chi connectivity index (χ1v) is 6.90. The van der Waals surface area contributed by atoms with E-state index >= 15 is 0 Å². The summed E-state index contributed by atoms with van der Waals surface area (Å²) in [5.41, 5.74) is 0.343. The van der Waals surface area contributed by atoms with Crippen molar-refractivity contribution in [3.63, 3.8) is 0 Å². The third-order valence-corrected chi connectivity index (χ3v) is 3.68. The molecule has 3 nitrogen and oxygen atoms in total. The molecule has 0 spiro atoms. The summed E-state index contributed by atoms with van der Waals surface area (Å²) in [7, 11) is 0. The van der Waals surface area contributed by atoms with Crippen molar-refractivity contribution in [1.82, 2.24) is 4.98 Å². The molecule has 1 aromatic heterocycles. The molecule has 3 rings (SSSR count). The second-order valence-electron chi connectivity index (χ2n) is 5.18. The van der Waals surface area contributed by atoms with Crippen LogP contribution in [0.15, 0.2) is 35.2 Å². The smallest absolute Gasteiger partial charge is 0.416 e. The molecule has 112 valence electrons. The third kappa shape index (κ3) is 3.04. The molecule has 6 heteroatoms. The van der Waals surface area contributed by atoms with Gasteiger partial charge in [0.25, 0.3) is 0 Å². The van der Waals surface area contributed by atoms with Crippen molar-refractivity contribution < 1.29 is 17.6 Å². The summed E-state index contributed by atoms with van der Waals surface area (Å²) in [6.45, 7) is 1.58. The van der Waals surface area contributed by atoms with Gasteiger partial charge >= 0.3 is 6.18 Å². The monoisotopic (exact) mass is 296 g/mol. The van der Waals surface area contributed by atoms with Gasteiger partial charge in [-0.3, -0.25) is 0 Å². The quantitative estimate of drug-likeness (QED) is 0.825. The molecule has 1 fully saturated rings. The molecular formula is C15H15F3N2O. The van der Waals surface area contributed by atoms with Crippen LogP contribution in [0.2, 0.25) is 0 Å². The number of hydrogen-bond donors (Lipinski definition) is 0. The van der Waals surface area contributed by atoms with E-state index in [1.165, 1.54) is 18.7 Å². The van der Waals surface area contributed by atoms with Crippen molar-refractivity contribution in [3.8, 4) is 11.3 Å². The lowest BCUT2D eigenvalue weighted by atomic mass is 10.0. The highest BCUT2D eigenvalue weighted by Crippen LogP contribution is 2.36. The van der Waals surface area contributed by atoms with Crippen LogP contribution in [-0.2, 0) is 6.18 Å². The Bertz CT molecular complexity index is 602. The molecule has 0 unspecified atom stereocenters. The molecule has 2 heterocycles. The maximum atomic E-state index is 13.1. The standard InChI is InChI=1S/C15H15F3N2O/c16-15(17,18)12-6-11(14-9-19-10-21-14)7-13(8-12)20-4-2-1-3-5-20/h6-10H,1-5H2. The summed E-state index contributed by atoms with van der Waals surface area (Å²) in [6.07, 6.45) is 1.42. The van der Waals surface area contributed by atoms with Crippen molar-refractivity contribution in [2.75, 3.05) is 18.0 Å².